The lowest BCUT2D eigenvalue weighted by atomic mass is 10.1. The van der Waals surface area contributed by atoms with E-state index in [4.69, 9.17) is 4.74 Å². The van der Waals surface area contributed by atoms with Crippen LogP contribution < -0.4 is 4.74 Å². The van der Waals surface area contributed by atoms with Crippen LogP contribution in [0.25, 0.3) is 0 Å². The Morgan fingerprint density at radius 2 is 2.21 bits per heavy atom. The average Bonchev–Trinajstić information content (AvgIpc) is 2.15. The van der Waals surface area contributed by atoms with E-state index < -0.39 is 0 Å². The van der Waals surface area contributed by atoms with Gasteiger partial charge >= 0.3 is 0 Å². The fourth-order valence-electron chi connectivity index (χ4n) is 1.14. The van der Waals surface area contributed by atoms with Crippen molar-refractivity contribution < 1.29 is 9.53 Å². The van der Waals surface area contributed by atoms with Crippen molar-refractivity contribution in [3.8, 4) is 5.75 Å². The predicted molar refractivity (Wildman–Crippen MR) is 59.7 cm³/mol. The zero-order valence-electron chi connectivity index (χ0n) is 8.34. The summed E-state index contributed by atoms with van der Waals surface area (Å²) in [5, 5.41) is 0. The molecule has 0 aliphatic rings. The lowest BCUT2D eigenvalue weighted by Gasteiger charge is -2.09. The lowest BCUT2D eigenvalue weighted by molar-refractivity contribution is -0.118. The van der Waals surface area contributed by atoms with Crippen molar-refractivity contribution in [2.24, 2.45) is 0 Å². The molecule has 0 unspecified atom stereocenters. The molecule has 0 saturated carbocycles. The number of carbonyl (C=O) groups is 1. The van der Waals surface area contributed by atoms with Crippen molar-refractivity contribution in [3.05, 3.63) is 28.2 Å². The first-order valence-corrected chi connectivity index (χ1v) is 5.33. The summed E-state index contributed by atoms with van der Waals surface area (Å²) in [7, 11) is 0. The minimum Gasteiger partial charge on any atom is -0.486 e. The molecule has 0 aliphatic heterocycles. The Morgan fingerprint density at radius 1 is 1.50 bits per heavy atom. The van der Waals surface area contributed by atoms with E-state index >= 15 is 0 Å². The second-order valence-corrected chi connectivity index (χ2v) is 4.01. The number of benzene rings is 1. The van der Waals surface area contributed by atoms with E-state index in [9.17, 15) is 4.79 Å². The van der Waals surface area contributed by atoms with Crippen molar-refractivity contribution >= 4 is 21.7 Å². The van der Waals surface area contributed by atoms with Gasteiger partial charge in [0.05, 0.1) is 0 Å². The van der Waals surface area contributed by atoms with E-state index in [1.807, 2.05) is 18.2 Å². The summed E-state index contributed by atoms with van der Waals surface area (Å²) in [4.78, 5) is 10.7. The van der Waals surface area contributed by atoms with E-state index in [1.54, 1.807) is 0 Å². The second kappa shape index (κ2) is 5.15. The van der Waals surface area contributed by atoms with Gasteiger partial charge in [-0.2, -0.15) is 0 Å². The van der Waals surface area contributed by atoms with Gasteiger partial charge in [0.1, 0.15) is 12.4 Å². The molecule has 14 heavy (non-hydrogen) atoms. The summed E-state index contributed by atoms with van der Waals surface area (Å²) in [5.41, 5.74) is 1.11. The van der Waals surface area contributed by atoms with Crippen LogP contribution in [0.5, 0.6) is 5.75 Å². The maximum atomic E-state index is 10.7. The van der Waals surface area contributed by atoms with Gasteiger partial charge in [-0.05, 0) is 37.1 Å². The van der Waals surface area contributed by atoms with Crippen LogP contribution in [0, 0.1) is 0 Å². The third-order valence-electron chi connectivity index (χ3n) is 1.83. The summed E-state index contributed by atoms with van der Waals surface area (Å²) < 4.78 is 6.41. The van der Waals surface area contributed by atoms with E-state index in [0.717, 1.165) is 22.2 Å². The molecule has 0 heterocycles. The Balaban J connectivity index is 2.80. The van der Waals surface area contributed by atoms with Crippen molar-refractivity contribution in [1.29, 1.82) is 0 Å². The molecule has 76 valence electrons. The summed E-state index contributed by atoms with van der Waals surface area (Å²) >= 11 is 3.39. The quantitative estimate of drug-likeness (QED) is 0.828. The molecule has 0 N–H and O–H groups in total. The molecule has 2 nitrogen and oxygen atoms in total. The maximum Gasteiger partial charge on any atom is 0.167 e. The Labute approximate surface area is 92.4 Å². The fraction of sp³-hybridized carbons (Fsp3) is 0.364. The highest BCUT2D eigenvalue weighted by atomic mass is 79.9. The van der Waals surface area contributed by atoms with Gasteiger partial charge in [-0.15, -0.1) is 0 Å². The van der Waals surface area contributed by atoms with Crippen LogP contribution >= 0.6 is 15.9 Å². The zero-order chi connectivity index (χ0) is 10.6. The molecule has 1 rings (SSSR count). The van der Waals surface area contributed by atoms with Crippen LogP contribution in [0.1, 0.15) is 19.4 Å². The molecule has 3 heteroatoms. The molecule has 0 bridgehead atoms. The van der Waals surface area contributed by atoms with Crippen LogP contribution in [0.4, 0.5) is 0 Å². The monoisotopic (exact) mass is 256 g/mol. The van der Waals surface area contributed by atoms with Gasteiger partial charge in [-0.1, -0.05) is 22.9 Å². The topological polar surface area (TPSA) is 26.3 Å². The second-order valence-electron chi connectivity index (χ2n) is 3.10. The number of rotatable bonds is 4. The maximum absolute atomic E-state index is 10.7. The van der Waals surface area contributed by atoms with E-state index in [0.29, 0.717) is 0 Å². The molecule has 0 radical (unpaired) electrons. The third-order valence-corrected chi connectivity index (χ3v) is 2.33. The Morgan fingerprint density at radius 3 is 2.79 bits per heavy atom. The SMILES string of the molecule is CCc1cc(Br)ccc1OCC(C)=O. The summed E-state index contributed by atoms with van der Waals surface area (Å²) in [6.07, 6.45) is 0.896. The highest BCUT2D eigenvalue weighted by Crippen LogP contribution is 2.23. The molecule has 0 fully saturated rings. The van der Waals surface area contributed by atoms with Gasteiger partial charge in [0, 0.05) is 4.47 Å². The predicted octanol–water partition coefficient (Wildman–Crippen LogP) is 2.98. The number of carbonyl (C=O) groups excluding carboxylic acids is 1. The first kappa shape index (κ1) is 11.2. The molecular weight excluding hydrogens is 244 g/mol. The van der Waals surface area contributed by atoms with E-state index in [2.05, 4.69) is 22.9 Å². The largest absolute Gasteiger partial charge is 0.486 e. The number of ketones is 1. The number of hydrogen-bond acceptors (Lipinski definition) is 2. The van der Waals surface area contributed by atoms with Gasteiger partial charge in [0.2, 0.25) is 0 Å². The summed E-state index contributed by atoms with van der Waals surface area (Å²) in [6, 6.07) is 5.80. The minimum absolute atomic E-state index is 0.0370. The molecule has 1 aromatic carbocycles. The fourth-order valence-corrected chi connectivity index (χ4v) is 1.55. The summed E-state index contributed by atoms with van der Waals surface area (Å²) in [6.45, 7) is 3.72. The number of hydrogen-bond donors (Lipinski definition) is 0. The molecular formula is C11H13BrO2. The first-order valence-electron chi connectivity index (χ1n) is 4.54. The molecule has 0 amide bonds. The van der Waals surface area contributed by atoms with E-state index in [-0.39, 0.29) is 12.4 Å². The molecule has 0 atom stereocenters. The van der Waals surface area contributed by atoms with Gasteiger partial charge in [0.15, 0.2) is 5.78 Å². The van der Waals surface area contributed by atoms with Crippen molar-refractivity contribution in [3.63, 3.8) is 0 Å². The minimum atomic E-state index is 0.0370. The van der Waals surface area contributed by atoms with Gasteiger partial charge in [0.25, 0.3) is 0 Å². The average molecular weight is 257 g/mol. The number of Topliss-reactive ketones (excluding diaryl/α,β-unsaturated/α-hetero) is 1. The Bertz CT molecular complexity index is 334. The molecule has 0 spiro atoms. The highest BCUT2D eigenvalue weighted by Gasteiger charge is 2.03. The third kappa shape index (κ3) is 3.14. The number of aryl methyl sites for hydroxylation is 1. The van der Waals surface area contributed by atoms with Crippen LogP contribution in [0.2, 0.25) is 0 Å². The zero-order valence-corrected chi connectivity index (χ0v) is 9.93. The van der Waals surface area contributed by atoms with Gasteiger partial charge in [-0.3, -0.25) is 4.79 Å². The highest BCUT2D eigenvalue weighted by molar-refractivity contribution is 9.10. The molecule has 1 aromatic rings. The van der Waals surface area contributed by atoms with Crippen molar-refractivity contribution in [1.82, 2.24) is 0 Å². The smallest absolute Gasteiger partial charge is 0.167 e. The van der Waals surface area contributed by atoms with Crippen LogP contribution in [0.3, 0.4) is 0 Å². The Hall–Kier alpha value is -0.830. The van der Waals surface area contributed by atoms with Crippen LogP contribution in [-0.2, 0) is 11.2 Å². The normalized spacial score (nSPS) is 9.93. The van der Waals surface area contributed by atoms with Crippen molar-refractivity contribution in [2.75, 3.05) is 6.61 Å². The van der Waals surface area contributed by atoms with Gasteiger partial charge in [-0.25, -0.2) is 0 Å². The first-order chi connectivity index (χ1) is 6.63. The molecule has 0 aromatic heterocycles. The molecule has 0 aliphatic carbocycles. The van der Waals surface area contributed by atoms with Crippen molar-refractivity contribution in [2.45, 2.75) is 20.3 Å². The summed E-state index contributed by atoms with van der Waals surface area (Å²) in [5.74, 6) is 0.834. The van der Waals surface area contributed by atoms with Crippen LogP contribution in [0.15, 0.2) is 22.7 Å². The number of ether oxygens (including phenoxy) is 1. The number of halogens is 1. The van der Waals surface area contributed by atoms with Gasteiger partial charge < -0.3 is 4.74 Å². The standard InChI is InChI=1S/C11H13BrO2/c1-3-9-6-10(12)4-5-11(9)14-7-8(2)13/h4-6H,3,7H2,1-2H3. The Kier molecular flexibility index (Phi) is 4.14. The van der Waals surface area contributed by atoms with E-state index in [1.165, 1.54) is 6.92 Å². The van der Waals surface area contributed by atoms with Crippen LogP contribution in [-0.4, -0.2) is 12.4 Å². The lowest BCUT2D eigenvalue weighted by Crippen LogP contribution is -2.07. The molecule has 0 saturated heterocycles.